The van der Waals surface area contributed by atoms with Crippen LogP contribution in [-0.2, 0) is 80.1 Å². The molecular weight excluding hydrogens is 1170 g/mol. The Labute approximate surface area is 495 Å². The van der Waals surface area contributed by atoms with Crippen LogP contribution in [0.15, 0.2) is 119 Å². The second-order valence-corrected chi connectivity index (χ2v) is 26.7. The maximum Gasteiger partial charge on any atom is 0.469 e. The van der Waals surface area contributed by atoms with Crippen LogP contribution in [0.3, 0.4) is 0 Å². The number of aliphatic hydroxyl groups excluding tert-OH is 1. The minimum Gasteiger partial charge on any atom is -0.443 e. The van der Waals surface area contributed by atoms with Gasteiger partial charge in [-0.25, -0.2) is 31.0 Å². The average molecular weight is 1250 g/mol. The molecule has 10 rings (SSSR count). The SMILES string of the molecule is CNc1cccc(S(=O)(=O)N(CC(OP(=O)(O)O)[C@H](Cc2ccccc2)NC(=O)OC2COC3OCCC23)OC2CCCC2)c1.Nc1cccc(S(=O)(=O)N(C[C@@H](O)[C@H](Cc2ccccc2)NC(=O)O[C@H]2CO[C@H]3OCC[C@H]32)OC2CCCC2)c1. The number of nitrogens with one attached hydrogen (secondary N) is 3. The van der Waals surface area contributed by atoms with Crippen molar-refractivity contribution in [3.63, 3.8) is 0 Å². The van der Waals surface area contributed by atoms with Crippen LogP contribution in [0.1, 0.15) is 75.3 Å². The van der Waals surface area contributed by atoms with E-state index in [-0.39, 0.29) is 60.1 Å². The zero-order chi connectivity index (χ0) is 60.1. The van der Waals surface area contributed by atoms with E-state index >= 15 is 0 Å². The highest BCUT2D eigenvalue weighted by Gasteiger charge is 2.46. The number of nitrogens with two attached hydrogens (primary N) is 1. The molecule has 4 aromatic carbocycles. The number of alkyl carbamates (subject to hydrolysis) is 2. The van der Waals surface area contributed by atoms with E-state index in [9.17, 15) is 45.9 Å². The summed E-state index contributed by atoms with van der Waals surface area (Å²) < 4.78 is 108. The van der Waals surface area contributed by atoms with E-state index in [4.69, 9.17) is 48.4 Å². The van der Waals surface area contributed by atoms with Crippen molar-refractivity contribution >= 4 is 51.4 Å². The number of phosphoric ester groups is 1. The maximum absolute atomic E-state index is 14.0. The summed E-state index contributed by atoms with van der Waals surface area (Å²) in [5, 5.41) is 19.8. The smallest absolute Gasteiger partial charge is 0.443 e. The summed E-state index contributed by atoms with van der Waals surface area (Å²) in [7, 11) is -12.1. The molecule has 4 aromatic rings. The predicted octanol–water partition coefficient (Wildman–Crippen LogP) is 5.76. The Balaban J connectivity index is 0.000000205. The minimum absolute atomic E-state index is 0.0312. The number of anilines is 2. The number of hydroxylamine groups is 2. The van der Waals surface area contributed by atoms with Crippen LogP contribution in [0.4, 0.5) is 21.0 Å². The first-order valence-corrected chi connectivity index (χ1v) is 33.2. The highest BCUT2D eigenvalue weighted by molar-refractivity contribution is 7.89. The fraction of sp³-hybridized carbons (Fsp3) is 0.544. The van der Waals surface area contributed by atoms with Crippen molar-refractivity contribution in [2.45, 2.75) is 148 Å². The Bertz CT molecular complexity index is 3090. The zero-order valence-electron chi connectivity index (χ0n) is 47.2. The zero-order valence-corrected chi connectivity index (χ0v) is 49.7. The third-order valence-corrected chi connectivity index (χ3v) is 19.6. The fourth-order valence-corrected chi connectivity index (χ4v) is 14.6. The number of sulfonamides is 2. The first-order valence-electron chi connectivity index (χ1n) is 28.7. The topological polar surface area (TPSA) is 332 Å². The molecule has 4 unspecified atom stereocenters. The van der Waals surface area contributed by atoms with Gasteiger partial charge in [0.15, 0.2) is 12.6 Å². The second kappa shape index (κ2) is 29.6. The van der Waals surface area contributed by atoms with Gasteiger partial charge in [-0.1, -0.05) is 107 Å². The molecule has 6 aliphatic rings. The van der Waals surface area contributed by atoms with Crippen LogP contribution in [0.5, 0.6) is 0 Å². The van der Waals surface area contributed by atoms with Crippen molar-refractivity contribution in [1.82, 2.24) is 19.6 Å². The van der Waals surface area contributed by atoms with Gasteiger partial charge < -0.3 is 65.0 Å². The van der Waals surface area contributed by atoms with Crippen molar-refractivity contribution in [2.75, 3.05) is 57.6 Å². The number of hydrogen-bond donors (Lipinski definition) is 7. The number of nitrogen functional groups attached to an aromatic ring is 1. The lowest BCUT2D eigenvalue weighted by Gasteiger charge is -2.33. The molecule has 2 saturated carbocycles. The van der Waals surface area contributed by atoms with Crippen LogP contribution < -0.4 is 21.7 Å². The number of benzene rings is 4. The van der Waals surface area contributed by atoms with E-state index in [1.807, 2.05) is 30.3 Å². The van der Waals surface area contributed by atoms with Gasteiger partial charge in [0.2, 0.25) is 0 Å². The molecule has 2 amide bonds. The molecule has 85 heavy (non-hydrogen) atoms. The molecular formula is C57H77N6O19PS2. The third kappa shape index (κ3) is 17.7. The van der Waals surface area contributed by atoms with Gasteiger partial charge >= 0.3 is 20.0 Å². The number of nitrogens with zero attached hydrogens (tertiary/aromatic N) is 2. The largest absolute Gasteiger partial charge is 0.469 e. The van der Waals surface area contributed by atoms with Crippen LogP contribution in [0, 0.1) is 11.8 Å². The fourth-order valence-electron chi connectivity index (χ4n) is 11.3. The number of fused-ring (bicyclic) bond motifs is 2. The molecule has 4 saturated heterocycles. The Morgan fingerprint density at radius 3 is 1.60 bits per heavy atom. The summed E-state index contributed by atoms with van der Waals surface area (Å²) in [4.78, 5) is 58.0. The lowest BCUT2D eigenvalue weighted by atomic mass is 10.0. The quantitative estimate of drug-likeness (QED) is 0.0235. The molecule has 0 aromatic heterocycles. The Morgan fingerprint density at radius 1 is 0.635 bits per heavy atom. The number of aliphatic hydroxyl groups is 1. The van der Waals surface area contributed by atoms with Crippen LogP contribution in [0.2, 0.25) is 0 Å². The molecule has 0 radical (unpaired) electrons. The number of hydrogen-bond acceptors (Lipinski definition) is 19. The number of rotatable bonds is 25. The van der Waals surface area contributed by atoms with Crippen LogP contribution in [-0.4, -0.2) is 161 Å². The molecule has 4 aliphatic heterocycles. The lowest BCUT2D eigenvalue weighted by Crippen LogP contribution is -2.52. The predicted molar refractivity (Wildman–Crippen MR) is 307 cm³/mol. The monoisotopic (exact) mass is 1240 g/mol. The average Bonchev–Trinajstić information content (AvgIpc) is 2.90. The first-order chi connectivity index (χ1) is 40.8. The normalized spacial score (nSPS) is 24.0. The van der Waals surface area contributed by atoms with Gasteiger partial charge in [0, 0.05) is 18.4 Å². The van der Waals surface area contributed by atoms with Gasteiger partial charge in [-0.05, 0) is 98.9 Å². The molecule has 2 aliphatic carbocycles. The Kier molecular flexibility index (Phi) is 22.3. The number of amides is 2. The van der Waals surface area contributed by atoms with Gasteiger partial charge in [-0.3, -0.25) is 14.2 Å². The van der Waals surface area contributed by atoms with E-state index in [1.165, 1.54) is 24.3 Å². The molecule has 0 spiro atoms. The first kappa shape index (κ1) is 64.2. The van der Waals surface area contributed by atoms with E-state index in [1.54, 1.807) is 61.6 Å². The van der Waals surface area contributed by atoms with Crippen molar-refractivity contribution in [1.29, 1.82) is 0 Å². The summed E-state index contributed by atoms with van der Waals surface area (Å²) >= 11 is 0. The van der Waals surface area contributed by atoms with Crippen molar-refractivity contribution in [3.05, 3.63) is 120 Å². The van der Waals surface area contributed by atoms with Crippen molar-refractivity contribution < 1.29 is 88.5 Å². The Hall–Kier alpha value is -5.33. The molecule has 0 bridgehead atoms. The van der Waals surface area contributed by atoms with Gasteiger partial charge in [-0.15, -0.1) is 0 Å². The lowest BCUT2D eigenvalue weighted by molar-refractivity contribution is -0.145. The summed E-state index contributed by atoms with van der Waals surface area (Å²) in [5.74, 6) is -0.179. The molecule has 6 fully saturated rings. The van der Waals surface area contributed by atoms with E-state index < -0.39 is 102 Å². The molecule has 8 N–H and O–H groups in total. The van der Waals surface area contributed by atoms with Gasteiger partial charge in [0.05, 0.1) is 91.5 Å². The molecule has 4 heterocycles. The van der Waals surface area contributed by atoms with Crippen LogP contribution >= 0.6 is 7.82 Å². The van der Waals surface area contributed by atoms with Crippen molar-refractivity contribution in [2.24, 2.45) is 11.8 Å². The van der Waals surface area contributed by atoms with E-state index in [0.717, 1.165) is 46.6 Å². The molecule has 25 nitrogen and oxygen atoms in total. The summed E-state index contributed by atoms with van der Waals surface area (Å²) in [6, 6.07) is 28.2. The highest BCUT2D eigenvalue weighted by atomic mass is 32.2. The van der Waals surface area contributed by atoms with Crippen molar-refractivity contribution in [3.8, 4) is 0 Å². The maximum atomic E-state index is 14.0. The second-order valence-electron chi connectivity index (χ2n) is 21.9. The van der Waals surface area contributed by atoms with E-state index in [0.29, 0.717) is 62.3 Å². The van der Waals surface area contributed by atoms with Crippen LogP contribution in [0.25, 0.3) is 0 Å². The molecule has 466 valence electrons. The standard InChI is InChI=1S/C29H40N3O11PS.C28H37N3O8S/c1-30-21-10-7-13-23(17-21)45(37,38)32(42-22-11-5-6-12-22)18-26(43-44(34,35)36)25(16-20-8-3-2-4-9-20)31-29(33)41-27-19-40-28-24(27)14-15-39-28;29-20-9-6-12-22(16-20)40(34,35)31(39-21-10-4-5-11-21)17-25(32)24(15-19-7-2-1-3-8-19)30-28(33)38-26-18-37-27-23(26)13-14-36-27/h2-4,7-10,13,17,22,24-28,30H,5-6,11-12,14-16,18-19H2,1H3,(H,31,33)(H2,34,35,36);1-3,6-9,12,16,21,23-27,32H,4-5,10-11,13-15,17-18,29H2,(H,30,33)/t24?,25-,26?,27?,28?;23-,24-,25+,26-,27+/m00/s1. The summed E-state index contributed by atoms with van der Waals surface area (Å²) in [6.45, 7) is 0.351. The number of carbonyl (C=O) groups excluding carboxylic acids is 2. The van der Waals surface area contributed by atoms with Gasteiger partial charge in [0.25, 0.3) is 20.0 Å². The number of ether oxygens (including phenoxy) is 6. The summed E-state index contributed by atoms with van der Waals surface area (Å²) in [5.41, 5.74) is 8.23. The number of carbonyl (C=O) groups is 2. The molecule has 10 atom stereocenters. The third-order valence-electron chi connectivity index (χ3n) is 15.8. The Morgan fingerprint density at radius 2 is 1.11 bits per heavy atom. The molecule has 28 heteroatoms. The minimum atomic E-state index is -5.21. The van der Waals surface area contributed by atoms with Gasteiger partial charge in [-0.2, -0.15) is 0 Å². The van der Waals surface area contributed by atoms with E-state index in [2.05, 4.69) is 16.0 Å². The number of phosphoric acid groups is 1. The van der Waals surface area contributed by atoms with Gasteiger partial charge in [0.1, 0.15) is 18.3 Å². The highest BCUT2D eigenvalue weighted by Crippen LogP contribution is 2.40. The summed E-state index contributed by atoms with van der Waals surface area (Å²) in [6.07, 6.45) is 0.770.